The van der Waals surface area contributed by atoms with E-state index >= 15 is 0 Å². The fourth-order valence-electron chi connectivity index (χ4n) is 3.14. The van der Waals surface area contributed by atoms with Crippen molar-refractivity contribution in [3.63, 3.8) is 0 Å². The van der Waals surface area contributed by atoms with Gasteiger partial charge in [0, 0.05) is 28.4 Å². The maximum Gasteiger partial charge on any atom is 0.254 e. The maximum atomic E-state index is 12.8. The Hall–Kier alpha value is -2.11. The summed E-state index contributed by atoms with van der Waals surface area (Å²) in [6, 6.07) is 9.52. The van der Waals surface area contributed by atoms with E-state index in [-0.39, 0.29) is 17.9 Å². The van der Waals surface area contributed by atoms with Crippen LogP contribution >= 0.6 is 23.2 Å². The summed E-state index contributed by atoms with van der Waals surface area (Å²) in [5, 5.41) is 3.74. The second kappa shape index (κ2) is 8.06. The summed E-state index contributed by atoms with van der Waals surface area (Å²) < 4.78 is 0. The minimum atomic E-state index is -0.508. The second-order valence-corrected chi connectivity index (χ2v) is 7.17. The number of halogens is 2. The molecule has 2 amide bonds. The van der Waals surface area contributed by atoms with Crippen LogP contribution in [0.5, 0.6) is 0 Å². The lowest BCUT2D eigenvalue weighted by Crippen LogP contribution is -2.46. The van der Waals surface area contributed by atoms with Crippen LogP contribution in [-0.4, -0.2) is 34.3 Å². The molecule has 1 N–H and O–H groups in total. The van der Waals surface area contributed by atoms with E-state index in [0.717, 1.165) is 12.1 Å². The number of hydrogen-bond donors (Lipinski definition) is 1. The topological polar surface area (TPSA) is 62.3 Å². The van der Waals surface area contributed by atoms with E-state index in [4.69, 9.17) is 23.2 Å². The van der Waals surface area contributed by atoms with E-state index in [2.05, 4.69) is 10.3 Å². The minimum absolute atomic E-state index is 0.179. The SMILES string of the molecule is CC(NC(=O)C1CCCN1C(=O)c1cc(Cl)cc(Cl)c1)c1ccccn1. The van der Waals surface area contributed by atoms with Crippen molar-refractivity contribution in [3.8, 4) is 0 Å². The average molecular weight is 392 g/mol. The van der Waals surface area contributed by atoms with Crippen molar-refractivity contribution in [1.29, 1.82) is 0 Å². The molecule has 1 aromatic heterocycles. The zero-order chi connectivity index (χ0) is 18.7. The van der Waals surface area contributed by atoms with Crippen LogP contribution in [0.25, 0.3) is 0 Å². The first-order valence-corrected chi connectivity index (χ1v) is 9.19. The monoisotopic (exact) mass is 391 g/mol. The summed E-state index contributed by atoms with van der Waals surface area (Å²) in [7, 11) is 0. The molecule has 1 aromatic carbocycles. The number of hydrogen-bond acceptors (Lipinski definition) is 3. The number of benzene rings is 1. The van der Waals surface area contributed by atoms with Gasteiger partial charge < -0.3 is 10.2 Å². The van der Waals surface area contributed by atoms with Crippen LogP contribution in [0, 0.1) is 0 Å². The van der Waals surface area contributed by atoms with Crippen LogP contribution in [0.1, 0.15) is 41.9 Å². The van der Waals surface area contributed by atoms with Gasteiger partial charge in [-0.05, 0) is 50.1 Å². The first-order valence-electron chi connectivity index (χ1n) is 8.44. The molecule has 136 valence electrons. The number of nitrogens with zero attached hydrogens (tertiary/aromatic N) is 2. The minimum Gasteiger partial charge on any atom is -0.346 e. The van der Waals surface area contributed by atoms with E-state index in [1.54, 1.807) is 29.3 Å². The zero-order valence-corrected chi connectivity index (χ0v) is 15.8. The summed E-state index contributed by atoms with van der Waals surface area (Å²) in [6.45, 7) is 2.40. The third kappa shape index (κ3) is 4.17. The Labute approximate surface area is 162 Å². The number of carbonyl (C=O) groups excluding carboxylic acids is 2. The Bertz CT molecular complexity index is 793. The lowest BCUT2D eigenvalue weighted by atomic mass is 10.1. The van der Waals surface area contributed by atoms with Crippen molar-refractivity contribution in [3.05, 3.63) is 63.9 Å². The molecule has 26 heavy (non-hydrogen) atoms. The first kappa shape index (κ1) is 18.7. The van der Waals surface area contributed by atoms with Gasteiger partial charge in [-0.3, -0.25) is 14.6 Å². The van der Waals surface area contributed by atoms with Crippen molar-refractivity contribution in [2.24, 2.45) is 0 Å². The number of aromatic nitrogens is 1. The first-order chi connectivity index (χ1) is 12.5. The quantitative estimate of drug-likeness (QED) is 0.859. The van der Waals surface area contributed by atoms with Crippen molar-refractivity contribution >= 4 is 35.0 Å². The van der Waals surface area contributed by atoms with E-state index in [0.29, 0.717) is 28.6 Å². The fourth-order valence-corrected chi connectivity index (χ4v) is 3.67. The van der Waals surface area contributed by atoms with Crippen LogP contribution in [0.3, 0.4) is 0 Å². The molecular formula is C19H19Cl2N3O2. The Morgan fingerprint density at radius 3 is 2.62 bits per heavy atom. The molecule has 2 aromatic rings. The van der Waals surface area contributed by atoms with E-state index < -0.39 is 6.04 Å². The summed E-state index contributed by atoms with van der Waals surface area (Å²) in [4.78, 5) is 31.4. The van der Waals surface area contributed by atoms with Crippen molar-refractivity contribution in [1.82, 2.24) is 15.2 Å². The van der Waals surface area contributed by atoms with Crippen LogP contribution in [-0.2, 0) is 4.79 Å². The third-order valence-corrected chi connectivity index (χ3v) is 4.85. The number of amides is 2. The normalized spacial score (nSPS) is 17.8. The molecule has 0 aliphatic carbocycles. The van der Waals surface area contributed by atoms with Gasteiger partial charge in [0.05, 0.1) is 11.7 Å². The molecule has 0 bridgehead atoms. The van der Waals surface area contributed by atoms with Crippen LogP contribution in [0.4, 0.5) is 0 Å². The largest absolute Gasteiger partial charge is 0.346 e. The van der Waals surface area contributed by atoms with Gasteiger partial charge in [0.2, 0.25) is 5.91 Å². The summed E-state index contributed by atoms with van der Waals surface area (Å²) in [6.07, 6.45) is 3.09. The predicted molar refractivity (Wildman–Crippen MR) is 101 cm³/mol. The molecule has 0 spiro atoms. The van der Waals surface area contributed by atoms with Crippen molar-refractivity contribution < 1.29 is 9.59 Å². The Balaban J connectivity index is 1.73. The molecule has 7 heteroatoms. The molecule has 1 saturated heterocycles. The number of likely N-dealkylation sites (tertiary alicyclic amines) is 1. The van der Waals surface area contributed by atoms with Crippen LogP contribution in [0.2, 0.25) is 10.0 Å². The summed E-state index contributed by atoms with van der Waals surface area (Å²) >= 11 is 12.0. The third-order valence-electron chi connectivity index (χ3n) is 4.42. The number of carbonyl (C=O) groups is 2. The van der Waals surface area contributed by atoms with E-state index in [1.165, 1.54) is 0 Å². The molecule has 1 aliphatic rings. The highest BCUT2D eigenvalue weighted by molar-refractivity contribution is 6.35. The van der Waals surface area contributed by atoms with Crippen molar-refractivity contribution in [2.45, 2.75) is 31.8 Å². The molecular weight excluding hydrogens is 373 g/mol. The van der Waals surface area contributed by atoms with E-state index in [1.807, 2.05) is 25.1 Å². The molecule has 1 aliphatic heterocycles. The zero-order valence-electron chi connectivity index (χ0n) is 14.3. The lowest BCUT2D eigenvalue weighted by Gasteiger charge is -2.25. The Morgan fingerprint density at radius 1 is 1.23 bits per heavy atom. The van der Waals surface area contributed by atoms with Crippen molar-refractivity contribution in [2.75, 3.05) is 6.54 Å². The Kier molecular flexibility index (Phi) is 5.79. The predicted octanol–water partition coefficient (Wildman–Crippen LogP) is 3.87. The van der Waals surface area contributed by atoms with Gasteiger partial charge in [-0.1, -0.05) is 29.3 Å². The molecule has 3 rings (SSSR count). The van der Waals surface area contributed by atoms with Gasteiger partial charge in [-0.25, -0.2) is 0 Å². The number of rotatable bonds is 4. The van der Waals surface area contributed by atoms with Crippen LogP contribution in [0.15, 0.2) is 42.6 Å². The molecule has 2 atom stereocenters. The molecule has 2 heterocycles. The van der Waals surface area contributed by atoms with Gasteiger partial charge in [0.1, 0.15) is 6.04 Å². The standard InChI is InChI=1S/C19H19Cl2N3O2/c1-12(16-5-2-3-7-22-16)23-18(25)17-6-4-8-24(17)19(26)13-9-14(20)11-15(21)10-13/h2-3,5,7,9-12,17H,4,6,8H2,1H3,(H,23,25). The highest BCUT2D eigenvalue weighted by Gasteiger charge is 2.35. The Morgan fingerprint density at radius 2 is 1.96 bits per heavy atom. The van der Waals surface area contributed by atoms with Gasteiger partial charge in [0.15, 0.2) is 0 Å². The van der Waals surface area contributed by atoms with Crippen LogP contribution < -0.4 is 5.32 Å². The van der Waals surface area contributed by atoms with Gasteiger partial charge in [-0.15, -0.1) is 0 Å². The smallest absolute Gasteiger partial charge is 0.254 e. The van der Waals surface area contributed by atoms with E-state index in [9.17, 15) is 9.59 Å². The number of pyridine rings is 1. The summed E-state index contributed by atoms with van der Waals surface area (Å²) in [5.74, 6) is -0.417. The molecule has 0 saturated carbocycles. The molecule has 5 nitrogen and oxygen atoms in total. The highest BCUT2D eigenvalue weighted by atomic mass is 35.5. The van der Waals surface area contributed by atoms with Gasteiger partial charge in [-0.2, -0.15) is 0 Å². The second-order valence-electron chi connectivity index (χ2n) is 6.30. The number of nitrogens with one attached hydrogen (secondary N) is 1. The molecule has 0 radical (unpaired) electrons. The maximum absolute atomic E-state index is 12.8. The fraction of sp³-hybridized carbons (Fsp3) is 0.316. The lowest BCUT2D eigenvalue weighted by molar-refractivity contribution is -0.125. The van der Waals surface area contributed by atoms with Gasteiger partial charge >= 0.3 is 0 Å². The molecule has 2 unspecified atom stereocenters. The highest BCUT2D eigenvalue weighted by Crippen LogP contribution is 2.25. The average Bonchev–Trinajstić information content (AvgIpc) is 3.10. The van der Waals surface area contributed by atoms with Gasteiger partial charge in [0.25, 0.3) is 5.91 Å². The summed E-state index contributed by atoms with van der Waals surface area (Å²) in [5.41, 5.74) is 1.17. The molecule has 1 fully saturated rings.